The smallest absolute Gasteiger partial charge is 0.290 e. The second kappa shape index (κ2) is 6.40. The molecule has 0 atom stereocenters. The molecule has 0 spiro atoms. The lowest BCUT2D eigenvalue weighted by Crippen LogP contribution is -2.35. The molecule has 23 heavy (non-hydrogen) atoms. The summed E-state index contributed by atoms with van der Waals surface area (Å²) in [6, 6.07) is 11.8. The van der Waals surface area contributed by atoms with E-state index >= 15 is 0 Å². The number of carbonyl (C=O) groups is 1. The molecule has 0 radical (unpaired) electrons. The van der Waals surface area contributed by atoms with Crippen LogP contribution in [0.25, 0.3) is 21.7 Å². The second-order valence-electron chi connectivity index (χ2n) is 5.46. The van der Waals surface area contributed by atoms with Gasteiger partial charge in [-0.15, -0.1) is 0 Å². The first-order valence-electron chi connectivity index (χ1n) is 7.59. The lowest BCUT2D eigenvalue weighted by molar-refractivity contribution is 0.0655. The first-order valence-corrected chi connectivity index (χ1v) is 7.59. The minimum absolute atomic E-state index is 0.159. The van der Waals surface area contributed by atoms with E-state index in [9.17, 15) is 4.79 Å². The molecule has 3 aromatic rings. The number of carbonyl (C=O) groups excluding carboxylic acids is 1. The van der Waals surface area contributed by atoms with Crippen LogP contribution in [0.3, 0.4) is 0 Å². The van der Waals surface area contributed by atoms with E-state index in [1.807, 2.05) is 43.3 Å². The maximum absolute atomic E-state index is 12.7. The maximum atomic E-state index is 12.7. The van der Waals surface area contributed by atoms with Crippen molar-refractivity contribution in [3.05, 3.63) is 47.7 Å². The molecule has 0 fully saturated rings. The Bertz CT molecular complexity index is 847. The Kier molecular flexibility index (Phi) is 4.32. The van der Waals surface area contributed by atoms with Gasteiger partial charge in [-0.3, -0.25) is 4.79 Å². The molecule has 5 heteroatoms. The van der Waals surface area contributed by atoms with Crippen molar-refractivity contribution >= 4 is 27.6 Å². The fourth-order valence-corrected chi connectivity index (χ4v) is 2.85. The van der Waals surface area contributed by atoms with Crippen molar-refractivity contribution in [1.82, 2.24) is 4.90 Å². The Morgan fingerprint density at radius 1 is 1.04 bits per heavy atom. The van der Waals surface area contributed by atoms with Crippen LogP contribution in [0.2, 0.25) is 0 Å². The monoisotopic (exact) mass is 313 g/mol. The van der Waals surface area contributed by atoms with Gasteiger partial charge < -0.3 is 19.5 Å². The van der Waals surface area contributed by atoms with E-state index in [2.05, 4.69) is 0 Å². The van der Waals surface area contributed by atoms with Crippen molar-refractivity contribution in [3.8, 4) is 0 Å². The summed E-state index contributed by atoms with van der Waals surface area (Å²) in [6.45, 7) is 1.86. The molecule has 0 aliphatic rings. The zero-order valence-corrected chi connectivity index (χ0v) is 13.0. The summed E-state index contributed by atoms with van der Waals surface area (Å²) in [5, 5.41) is 21.1. The molecule has 1 amide bonds. The molecule has 0 aliphatic carbocycles. The number of nitrogens with zero attached hydrogens (tertiary/aromatic N) is 1. The van der Waals surface area contributed by atoms with Gasteiger partial charge >= 0.3 is 0 Å². The van der Waals surface area contributed by atoms with Crippen LogP contribution in [-0.4, -0.2) is 47.3 Å². The highest BCUT2D eigenvalue weighted by Gasteiger charge is 2.23. The molecule has 3 rings (SSSR count). The second-order valence-corrected chi connectivity index (χ2v) is 5.46. The highest BCUT2D eigenvalue weighted by molar-refractivity contribution is 6.08. The van der Waals surface area contributed by atoms with Crippen LogP contribution in [0, 0.1) is 6.92 Å². The third-order valence-corrected chi connectivity index (χ3v) is 4.05. The first-order chi connectivity index (χ1) is 11.2. The van der Waals surface area contributed by atoms with Crippen molar-refractivity contribution in [2.45, 2.75) is 6.92 Å². The van der Waals surface area contributed by atoms with Gasteiger partial charge in [-0.2, -0.15) is 0 Å². The lowest BCUT2D eigenvalue weighted by Gasteiger charge is -2.19. The number of rotatable bonds is 5. The molecule has 0 saturated carbocycles. The molecule has 120 valence electrons. The molecule has 0 bridgehead atoms. The minimum Gasteiger partial charge on any atom is -0.450 e. The Hall–Kier alpha value is -2.37. The van der Waals surface area contributed by atoms with Gasteiger partial charge in [0, 0.05) is 29.4 Å². The number of fused-ring (bicyclic) bond motifs is 3. The Morgan fingerprint density at radius 3 is 2.43 bits per heavy atom. The van der Waals surface area contributed by atoms with E-state index in [0.29, 0.717) is 5.58 Å². The van der Waals surface area contributed by atoms with Gasteiger partial charge in [0.1, 0.15) is 5.58 Å². The highest BCUT2D eigenvalue weighted by Crippen LogP contribution is 2.32. The molecular formula is C18H19NO4. The fraction of sp³-hybridized carbons (Fsp3) is 0.278. The van der Waals surface area contributed by atoms with Crippen LogP contribution in [0.5, 0.6) is 0 Å². The van der Waals surface area contributed by atoms with Crippen LogP contribution in [0.1, 0.15) is 16.1 Å². The Labute approximate surface area is 133 Å². The molecular weight excluding hydrogens is 294 g/mol. The van der Waals surface area contributed by atoms with Crippen LogP contribution in [0.15, 0.2) is 40.8 Å². The Morgan fingerprint density at radius 2 is 1.74 bits per heavy atom. The number of aliphatic hydroxyl groups excluding tert-OH is 2. The van der Waals surface area contributed by atoms with Crippen molar-refractivity contribution in [2.75, 3.05) is 26.3 Å². The molecule has 1 heterocycles. The quantitative estimate of drug-likeness (QED) is 0.758. The van der Waals surface area contributed by atoms with Crippen LogP contribution in [0.4, 0.5) is 0 Å². The van der Waals surface area contributed by atoms with Gasteiger partial charge in [0.05, 0.1) is 13.2 Å². The van der Waals surface area contributed by atoms with E-state index in [-0.39, 0.29) is 38.0 Å². The molecule has 1 aromatic heterocycles. The summed E-state index contributed by atoms with van der Waals surface area (Å²) in [5.41, 5.74) is 1.47. The van der Waals surface area contributed by atoms with E-state index < -0.39 is 0 Å². The average Bonchev–Trinajstić information content (AvgIpc) is 2.91. The summed E-state index contributed by atoms with van der Waals surface area (Å²) in [7, 11) is 0. The summed E-state index contributed by atoms with van der Waals surface area (Å²) in [4.78, 5) is 14.1. The van der Waals surface area contributed by atoms with E-state index in [1.54, 1.807) is 0 Å². The maximum Gasteiger partial charge on any atom is 0.290 e. The topological polar surface area (TPSA) is 73.9 Å². The molecule has 0 aliphatic heterocycles. The zero-order chi connectivity index (χ0) is 16.4. The standard InChI is InChI=1S/C18H19NO4/c1-12-14-7-6-13-4-2-3-5-15(13)17(14)23-16(12)18(22)19(8-10-20)9-11-21/h2-7,20-21H,8-11H2,1H3. The van der Waals surface area contributed by atoms with Crippen molar-refractivity contribution < 1.29 is 19.4 Å². The SMILES string of the molecule is Cc1c(C(=O)N(CCO)CCO)oc2c1ccc1ccccc12. The van der Waals surface area contributed by atoms with E-state index in [0.717, 1.165) is 21.7 Å². The number of hydrogen-bond acceptors (Lipinski definition) is 4. The summed E-state index contributed by atoms with van der Waals surface area (Å²) < 4.78 is 5.89. The van der Waals surface area contributed by atoms with Gasteiger partial charge in [0.15, 0.2) is 5.76 Å². The lowest BCUT2D eigenvalue weighted by atomic mass is 10.1. The Balaban J connectivity index is 2.12. The van der Waals surface area contributed by atoms with Crippen LogP contribution in [-0.2, 0) is 0 Å². The minimum atomic E-state index is -0.314. The number of amides is 1. The van der Waals surface area contributed by atoms with Crippen molar-refractivity contribution in [2.24, 2.45) is 0 Å². The van der Waals surface area contributed by atoms with E-state index in [4.69, 9.17) is 14.6 Å². The fourth-order valence-electron chi connectivity index (χ4n) is 2.85. The van der Waals surface area contributed by atoms with Gasteiger partial charge in [-0.05, 0) is 12.3 Å². The zero-order valence-electron chi connectivity index (χ0n) is 13.0. The van der Waals surface area contributed by atoms with Gasteiger partial charge in [-0.1, -0.05) is 36.4 Å². The highest BCUT2D eigenvalue weighted by atomic mass is 16.3. The number of aliphatic hydroxyl groups is 2. The van der Waals surface area contributed by atoms with Crippen LogP contribution < -0.4 is 0 Å². The van der Waals surface area contributed by atoms with Gasteiger partial charge in [0.2, 0.25) is 0 Å². The normalized spacial score (nSPS) is 11.3. The first kappa shape index (κ1) is 15.5. The largest absolute Gasteiger partial charge is 0.450 e. The summed E-state index contributed by atoms with van der Waals surface area (Å²) in [6.07, 6.45) is 0. The van der Waals surface area contributed by atoms with Gasteiger partial charge in [-0.25, -0.2) is 0 Å². The summed E-state index contributed by atoms with van der Waals surface area (Å²) in [5.74, 6) is -0.0517. The third-order valence-electron chi connectivity index (χ3n) is 4.05. The molecule has 0 saturated heterocycles. The molecule has 2 aromatic carbocycles. The van der Waals surface area contributed by atoms with E-state index in [1.165, 1.54) is 4.90 Å². The van der Waals surface area contributed by atoms with Crippen molar-refractivity contribution in [1.29, 1.82) is 0 Å². The number of benzene rings is 2. The van der Waals surface area contributed by atoms with Crippen molar-refractivity contribution in [3.63, 3.8) is 0 Å². The molecule has 5 nitrogen and oxygen atoms in total. The third kappa shape index (κ3) is 2.69. The predicted octanol–water partition coefficient (Wildman–Crippen LogP) is 2.32. The average molecular weight is 313 g/mol. The number of furan rings is 1. The number of hydrogen-bond donors (Lipinski definition) is 2. The predicted molar refractivity (Wildman–Crippen MR) is 88.5 cm³/mol. The number of aryl methyl sites for hydroxylation is 1. The summed E-state index contributed by atoms with van der Waals surface area (Å²) >= 11 is 0. The molecule has 2 N–H and O–H groups in total. The van der Waals surface area contributed by atoms with Gasteiger partial charge in [0.25, 0.3) is 5.91 Å². The molecule has 0 unspecified atom stereocenters. The van der Waals surface area contributed by atoms with Crippen LogP contribution >= 0.6 is 0 Å².